The molecule has 0 radical (unpaired) electrons. The third-order valence-corrected chi connectivity index (χ3v) is 8.81. The molecule has 2 aromatic rings. The van der Waals surface area contributed by atoms with Crippen molar-refractivity contribution in [1.82, 2.24) is 0 Å². The standard InChI is InChI=1S/C20H24NPS/c1-17(18-11-5-2-6-12-18)21-22(23,19-13-7-3-8-14-19)20-15-9-4-10-16-20/h3-4,7-10,13-16,18H,2,5-6,11-12H2,1H3/b21-17+. The van der Waals surface area contributed by atoms with E-state index < -0.39 is 6.19 Å². The van der Waals surface area contributed by atoms with Crippen LogP contribution in [-0.4, -0.2) is 5.71 Å². The van der Waals surface area contributed by atoms with Crippen LogP contribution in [0.15, 0.2) is 65.4 Å². The monoisotopic (exact) mass is 341 g/mol. The van der Waals surface area contributed by atoms with E-state index in [0.29, 0.717) is 5.92 Å². The van der Waals surface area contributed by atoms with Crippen LogP contribution in [0.25, 0.3) is 0 Å². The fourth-order valence-corrected chi connectivity index (χ4v) is 6.75. The van der Waals surface area contributed by atoms with E-state index in [1.807, 2.05) is 12.1 Å². The maximum atomic E-state index is 6.20. The van der Waals surface area contributed by atoms with E-state index in [-0.39, 0.29) is 0 Å². The van der Waals surface area contributed by atoms with Gasteiger partial charge >= 0.3 is 0 Å². The first-order valence-electron chi connectivity index (χ1n) is 8.48. The Balaban J connectivity index is 2.04. The van der Waals surface area contributed by atoms with Crippen molar-refractivity contribution in [3.05, 3.63) is 60.7 Å². The van der Waals surface area contributed by atoms with Crippen molar-refractivity contribution >= 4 is 34.3 Å². The van der Waals surface area contributed by atoms with Crippen molar-refractivity contribution in [2.45, 2.75) is 39.0 Å². The van der Waals surface area contributed by atoms with Gasteiger partial charge in [0.25, 0.3) is 0 Å². The molecule has 0 N–H and O–H groups in total. The molecule has 0 saturated heterocycles. The first-order chi connectivity index (χ1) is 11.2. The third-order valence-electron chi connectivity index (χ3n) is 4.71. The second-order valence-corrected chi connectivity index (χ2v) is 10.3. The lowest BCUT2D eigenvalue weighted by Gasteiger charge is -2.25. The second-order valence-electron chi connectivity index (χ2n) is 6.32. The number of benzene rings is 2. The zero-order valence-corrected chi connectivity index (χ0v) is 15.4. The first kappa shape index (κ1) is 16.6. The van der Waals surface area contributed by atoms with Crippen LogP contribution < -0.4 is 10.6 Å². The van der Waals surface area contributed by atoms with E-state index in [1.54, 1.807) is 0 Å². The molecule has 3 heteroatoms. The molecule has 0 aromatic heterocycles. The van der Waals surface area contributed by atoms with Gasteiger partial charge in [0.05, 0.1) is 0 Å². The van der Waals surface area contributed by atoms with Gasteiger partial charge in [0.15, 0.2) is 0 Å². The van der Waals surface area contributed by atoms with Gasteiger partial charge in [-0.15, -0.1) is 0 Å². The summed E-state index contributed by atoms with van der Waals surface area (Å²) in [6, 6.07) is 21.0. The molecule has 0 atom stereocenters. The summed E-state index contributed by atoms with van der Waals surface area (Å²) in [5.41, 5.74) is 1.26. The minimum absolute atomic E-state index is 0.624. The minimum atomic E-state index is -2.13. The van der Waals surface area contributed by atoms with Gasteiger partial charge in [-0.3, -0.25) is 4.76 Å². The molecule has 0 heterocycles. The number of hydrogen-bond donors (Lipinski definition) is 0. The summed E-state index contributed by atoms with van der Waals surface area (Å²) in [4.78, 5) is 0. The van der Waals surface area contributed by atoms with Crippen molar-refractivity contribution in [3.8, 4) is 0 Å². The quantitative estimate of drug-likeness (QED) is 0.558. The molecule has 1 aliphatic carbocycles. The van der Waals surface area contributed by atoms with Gasteiger partial charge < -0.3 is 0 Å². The Morgan fingerprint density at radius 2 is 1.35 bits per heavy atom. The van der Waals surface area contributed by atoms with E-state index in [0.717, 1.165) is 0 Å². The van der Waals surface area contributed by atoms with Crippen LogP contribution in [0.3, 0.4) is 0 Å². The van der Waals surface area contributed by atoms with Crippen LogP contribution in [0.2, 0.25) is 0 Å². The topological polar surface area (TPSA) is 12.4 Å². The van der Waals surface area contributed by atoms with Crippen molar-refractivity contribution in [1.29, 1.82) is 0 Å². The predicted octanol–water partition coefficient (Wildman–Crippen LogP) is 5.07. The van der Waals surface area contributed by atoms with Gasteiger partial charge in [-0.05, 0) is 25.7 Å². The maximum absolute atomic E-state index is 6.20. The number of hydrogen-bond acceptors (Lipinski definition) is 1. The molecular formula is C20H24NPS. The molecule has 2 aromatic carbocycles. The van der Waals surface area contributed by atoms with E-state index >= 15 is 0 Å². The molecule has 1 fully saturated rings. The average molecular weight is 341 g/mol. The summed E-state index contributed by atoms with van der Waals surface area (Å²) in [5.74, 6) is 0.624. The molecule has 1 aliphatic rings. The zero-order valence-electron chi connectivity index (χ0n) is 13.7. The number of rotatable bonds is 4. The minimum Gasteiger partial charge on any atom is -0.252 e. The highest BCUT2D eigenvalue weighted by Crippen LogP contribution is 2.46. The Morgan fingerprint density at radius 3 is 1.83 bits per heavy atom. The molecule has 1 saturated carbocycles. The molecule has 0 unspecified atom stereocenters. The summed E-state index contributed by atoms with van der Waals surface area (Å²) in [7, 11) is 0. The maximum Gasteiger partial charge on any atom is 0.112 e. The Labute approximate surface area is 144 Å². The van der Waals surface area contributed by atoms with Crippen LogP contribution in [0.1, 0.15) is 39.0 Å². The fourth-order valence-electron chi connectivity index (χ4n) is 3.35. The first-order valence-corrected chi connectivity index (χ1v) is 11.2. The van der Waals surface area contributed by atoms with Crippen LogP contribution >= 0.6 is 6.19 Å². The van der Waals surface area contributed by atoms with Crippen LogP contribution in [0.5, 0.6) is 0 Å². The smallest absolute Gasteiger partial charge is 0.112 e. The van der Waals surface area contributed by atoms with Gasteiger partial charge in [0.1, 0.15) is 6.19 Å². The van der Waals surface area contributed by atoms with E-state index in [4.69, 9.17) is 16.6 Å². The van der Waals surface area contributed by atoms with Crippen molar-refractivity contribution in [2.75, 3.05) is 0 Å². The molecule has 1 nitrogen and oxygen atoms in total. The van der Waals surface area contributed by atoms with Crippen molar-refractivity contribution < 1.29 is 0 Å². The van der Waals surface area contributed by atoms with Crippen molar-refractivity contribution in [3.63, 3.8) is 0 Å². The lowest BCUT2D eigenvalue weighted by atomic mass is 9.86. The fraction of sp³-hybridized carbons (Fsp3) is 0.350. The van der Waals surface area contributed by atoms with Gasteiger partial charge in [0, 0.05) is 16.3 Å². The largest absolute Gasteiger partial charge is 0.252 e. The summed E-state index contributed by atoms with van der Waals surface area (Å²) in [6.07, 6.45) is 4.45. The van der Waals surface area contributed by atoms with Crippen LogP contribution in [0.4, 0.5) is 0 Å². The molecule has 0 spiro atoms. The normalized spacial score (nSPS) is 17.2. The Bertz CT molecular complexity index is 659. The molecule has 0 bridgehead atoms. The molecular weight excluding hydrogens is 317 g/mol. The molecule has 23 heavy (non-hydrogen) atoms. The van der Waals surface area contributed by atoms with Crippen LogP contribution in [-0.2, 0) is 11.8 Å². The molecule has 3 rings (SSSR count). The summed E-state index contributed by atoms with van der Waals surface area (Å²) < 4.78 is 5.22. The average Bonchev–Trinajstić information content (AvgIpc) is 2.64. The van der Waals surface area contributed by atoms with Gasteiger partial charge in [-0.25, -0.2) is 0 Å². The lowest BCUT2D eigenvalue weighted by molar-refractivity contribution is 0.439. The van der Waals surface area contributed by atoms with E-state index in [1.165, 1.54) is 48.4 Å². The highest BCUT2D eigenvalue weighted by atomic mass is 32.4. The molecule has 0 amide bonds. The highest BCUT2D eigenvalue weighted by molar-refractivity contribution is 8.21. The number of nitrogens with zero attached hydrogens (tertiary/aromatic N) is 1. The third kappa shape index (κ3) is 3.82. The zero-order chi connectivity index (χ0) is 16.1. The molecule has 0 aliphatic heterocycles. The highest BCUT2D eigenvalue weighted by Gasteiger charge is 2.24. The lowest BCUT2D eigenvalue weighted by Crippen LogP contribution is -2.19. The van der Waals surface area contributed by atoms with E-state index in [2.05, 4.69) is 55.5 Å². The Kier molecular flexibility index (Phi) is 5.46. The Hall–Kier alpha value is -1.24. The summed E-state index contributed by atoms with van der Waals surface area (Å²) in [5, 5.41) is 2.38. The SMILES string of the molecule is C/C(=N\P(=S)(c1ccccc1)c1ccccc1)C1CCCCC1. The Morgan fingerprint density at radius 1 is 0.870 bits per heavy atom. The van der Waals surface area contributed by atoms with Gasteiger partial charge in [-0.2, -0.15) is 0 Å². The summed E-state index contributed by atoms with van der Waals surface area (Å²) in [6.45, 7) is 2.20. The van der Waals surface area contributed by atoms with E-state index in [9.17, 15) is 0 Å². The van der Waals surface area contributed by atoms with Gasteiger partial charge in [-0.1, -0.05) is 91.7 Å². The van der Waals surface area contributed by atoms with Crippen LogP contribution in [0, 0.1) is 5.92 Å². The second kappa shape index (κ2) is 7.55. The van der Waals surface area contributed by atoms with Gasteiger partial charge in [0.2, 0.25) is 0 Å². The predicted molar refractivity (Wildman–Crippen MR) is 106 cm³/mol. The summed E-state index contributed by atoms with van der Waals surface area (Å²) >= 11 is 6.20. The van der Waals surface area contributed by atoms with Crippen molar-refractivity contribution in [2.24, 2.45) is 10.7 Å². The molecule has 120 valence electrons.